The van der Waals surface area contributed by atoms with Crippen molar-refractivity contribution in [2.24, 2.45) is 0 Å². The van der Waals surface area contributed by atoms with Crippen molar-refractivity contribution >= 4 is 63.4 Å². The highest BCUT2D eigenvalue weighted by Gasteiger charge is 2.33. The van der Waals surface area contributed by atoms with E-state index in [0.29, 0.717) is 0 Å². The summed E-state index contributed by atoms with van der Waals surface area (Å²) in [5, 5.41) is 0. The average Bonchev–Trinajstić information content (AvgIpc) is 1.60. The lowest BCUT2D eigenvalue weighted by molar-refractivity contribution is 0.160. The van der Waals surface area contributed by atoms with E-state index in [4.69, 9.17) is 58.0 Å². The predicted octanol–water partition coefficient (Wildman–Crippen LogP) is 3.30. The Bertz CT molecular complexity index is 129. The van der Waals surface area contributed by atoms with Gasteiger partial charge in [-0.1, -0.05) is 46.4 Å². The summed E-state index contributed by atoms with van der Waals surface area (Å²) in [4.78, 5) is 9.98. The van der Waals surface area contributed by atoms with Crippen molar-refractivity contribution in [3.05, 3.63) is 0 Å². The number of hydrogen-bond acceptors (Lipinski definition) is 2. The molecule has 0 aliphatic carbocycles. The molecular formula is C3HCl5O2. The molecule has 0 radical (unpaired) electrons. The highest BCUT2D eigenvalue weighted by atomic mass is 35.6. The van der Waals surface area contributed by atoms with Crippen LogP contribution in [0.5, 0.6) is 0 Å². The average molecular weight is 246 g/mol. The second-order valence-electron chi connectivity index (χ2n) is 1.21. The van der Waals surface area contributed by atoms with Gasteiger partial charge in [-0.2, -0.15) is 0 Å². The summed E-state index contributed by atoms with van der Waals surface area (Å²) in [5.41, 5.74) is -2.49. The summed E-state index contributed by atoms with van der Waals surface area (Å²) in [5.74, 6) is 0. The van der Waals surface area contributed by atoms with Gasteiger partial charge in [0.25, 0.3) is 0 Å². The molecule has 0 unspecified atom stereocenters. The molecule has 0 aromatic rings. The van der Waals surface area contributed by atoms with Gasteiger partial charge in [0.2, 0.25) is 9.36 Å². The number of halogens is 5. The van der Waals surface area contributed by atoms with E-state index in [1.54, 1.807) is 0 Å². The molecule has 1 atom stereocenters. The van der Waals surface area contributed by atoms with Gasteiger partial charge >= 0.3 is 5.43 Å². The number of carbonyl (C=O) groups excluding carboxylic acids is 1. The van der Waals surface area contributed by atoms with Crippen LogP contribution in [0.4, 0.5) is 4.79 Å². The summed E-state index contributed by atoms with van der Waals surface area (Å²) < 4.78 is 2.26. The fourth-order valence-corrected chi connectivity index (χ4v) is 0.497. The number of hydrogen-bond donors (Lipinski definition) is 0. The molecule has 0 spiro atoms. The van der Waals surface area contributed by atoms with E-state index >= 15 is 0 Å². The van der Waals surface area contributed by atoms with Crippen molar-refractivity contribution < 1.29 is 9.53 Å². The molecule has 0 aromatic heterocycles. The Balaban J connectivity index is 3.85. The normalized spacial score (nSPS) is 14.5. The first-order valence-electron chi connectivity index (χ1n) is 1.91. The highest BCUT2D eigenvalue weighted by molar-refractivity contribution is 6.70. The van der Waals surface area contributed by atoms with Crippen molar-refractivity contribution in [3.8, 4) is 0 Å². The first-order valence-corrected chi connectivity index (χ1v) is 3.86. The smallest absolute Gasteiger partial charge is 0.405 e. The molecule has 2 nitrogen and oxygen atoms in total. The lowest BCUT2D eigenvalue weighted by atomic mass is 10.8. The molecule has 0 aliphatic rings. The van der Waals surface area contributed by atoms with Crippen LogP contribution >= 0.6 is 58.0 Å². The molecule has 0 saturated heterocycles. The van der Waals surface area contributed by atoms with Crippen molar-refractivity contribution in [2.45, 2.75) is 9.36 Å². The van der Waals surface area contributed by atoms with Crippen LogP contribution in [0.15, 0.2) is 0 Å². The number of alkyl halides is 4. The van der Waals surface area contributed by atoms with Crippen molar-refractivity contribution in [1.82, 2.24) is 0 Å². The third-order valence-corrected chi connectivity index (χ3v) is 1.89. The molecule has 0 fully saturated rings. The fourth-order valence-electron chi connectivity index (χ4n) is 0.148. The third-order valence-electron chi connectivity index (χ3n) is 0.453. The molecule has 0 amide bonds. The minimum absolute atomic E-state index is 1.12. The Morgan fingerprint density at radius 2 is 1.80 bits per heavy atom. The van der Waals surface area contributed by atoms with E-state index in [1.165, 1.54) is 0 Å². The van der Waals surface area contributed by atoms with Crippen molar-refractivity contribution in [2.75, 3.05) is 0 Å². The molecule has 0 aliphatic heterocycles. The Morgan fingerprint density at radius 1 is 1.40 bits per heavy atom. The van der Waals surface area contributed by atoms with Crippen LogP contribution in [-0.4, -0.2) is 14.8 Å². The maximum absolute atomic E-state index is 9.98. The van der Waals surface area contributed by atoms with Crippen LogP contribution in [-0.2, 0) is 4.74 Å². The van der Waals surface area contributed by atoms with Crippen molar-refractivity contribution in [3.63, 3.8) is 0 Å². The van der Waals surface area contributed by atoms with E-state index < -0.39 is 14.8 Å². The lowest BCUT2D eigenvalue weighted by Crippen LogP contribution is -2.23. The summed E-state index contributed by atoms with van der Waals surface area (Å²) >= 11 is 25.6. The van der Waals surface area contributed by atoms with Gasteiger partial charge in [-0.25, -0.2) is 4.79 Å². The highest BCUT2D eigenvalue weighted by Crippen LogP contribution is 2.34. The monoisotopic (exact) mass is 244 g/mol. The van der Waals surface area contributed by atoms with Gasteiger partial charge in [0, 0.05) is 11.6 Å². The maximum Gasteiger partial charge on any atom is 0.405 e. The number of carbonyl (C=O) groups is 1. The Morgan fingerprint density at radius 3 is 1.90 bits per heavy atom. The fraction of sp³-hybridized carbons (Fsp3) is 0.667. The van der Waals surface area contributed by atoms with Gasteiger partial charge in [-0.05, 0) is 0 Å². The second kappa shape index (κ2) is 4.07. The summed E-state index contributed by atoms with van der Waals surface area (Å²) in [6.07, 6.45) is 0. The maximum atomic E-state index is 9.98. The summed E-state index contributed by atoms with van der Waals surface area (Å²) in [6.45, 7) is 0. The van der Waals surface area contributed by atoms with Crippen LogP contribution in [0.3, 0.4) is 0 Å². The number of ether oxygens (including phenoxy) is 1. The van der Waals surface area contributed by atoms with Gasteiger partial charge in [0.05, 0.1) is 0 Å². The minimum atomic E-state index is -1.86. The lowest BCUT2D eigenvalue weighted by Gasteiger charge is -2.15. The Kier molecular flexibility index (Phi) is 4.45. The van der Waals surface area contributed by atoms with Gasteiger partial charge < -0.3 is 4.74 Å². The SMILES string of the molecule is O=C(Cl)O[C@@H](Cl)C(Cl)(Cl)Cl. The molecule has 0 saturated carbocycles. The standard InChI is InChI=1S/C3HCl5O2/c4-1(3(6,7)8)10-2(5)9/h1H/t1-/m1/s1. The largest absolute Gasteiger partial charge is 0.429 e. The molecule has 0 bridgehead atoms. The molecule has 10 heavy (non-hydrogen) atoms. The Hall–Kier alpha value is 0.920. The zero-order valence-electron chi connectivity index (χ0n) is 4.28. The summed E-state index contributed by atoms with van der Waals surface area (Å²) in [7, 11) is 0. The minimum Gasteiger partial charge on any atom is -0.429 e. The van der Waals surface area contributed by atoms with Crippen LogP contribution in [0, 0.1) is 0 Å². The zero-order chi connectivity index (χ0) is 8.36. The second-order valence-corrected chi connectivity index (χ2v) is 4.29. The van der Waals surface area contributed by atoms with E-state index in [2.05, 4.69) is 4.74 Å². The molecular weight excluding hydrogens is 245 g/mol. The van der Waals surface area contributed by atoms with Gasteiger partial charge in [-0.15, -0.1) is 0 Å². The van der Waals surface area contributed by atoms with Crippen LogP contribution < -0.4 is 0 Å². The quantitative estimate of drug-likeness (QED) is 0.524. The molecule has 0 heterocycles. The third kappa shape index (κ3) is 4.69. The first-order chi connectivity index (χ1) is 4.34. The van der Waals surface area contributed by atoms with Gasteiger partial charge in [0.15, 0.2) is 0 Å². The van der Waals surface area contributed by atoms with Crippen LogP contribution in [0.25, 0.3) is 0 Å². The van der Waals surface area contributed by atoms with E-state index in [1.807, 2.05) is 0 Å². The molecule has 0 aromatic carbocycles. The molecule has 7 heteroatoms. The van der Waals surface area contributed by atoms with Crippen molar-refractivity contribution in [1.29, 1.82) is 0 Å². The van der Waals surface area contributed by atoms with E-state index in [9.17, 15) is 4.79 Å². The van der Waals surface area contributed by atoms with Gasteiger partial charge in [0.1, 0.15) is 0 Å². The Labute approximate surface area is 82.3 Å². The first kappa shape index (κ1) is 10.9. The van der Waals surface area contributed by atoms with Gasteiger partial charge in [-0.3, -0.25) is 0 Å². The summed E-state index contributed by atoms with van der Waals surface area (Å²) in [6, 6.07) is 0. The number of rotatable bonds is 1. The predicted molar refractivity (Wildman–Crippen MR) is 42.3 cm³/mol. The van der Waals surface area contributed by atoms with E-state index in [0.717, 1.165) is 0 Å². The van der Waals surface area contributed by atoms with E-state index in [-0.39, 0.29) is 0 Å². The molecule has 0 rings (SSSR count). The molecule has 60 valence electrons. The van der Waals surface area contributed by atoms with Crippen LogP contribution in [0.1, 0.15) is 0 Å². The zero-order valence-corrected chi connectivity index (χ0v) is 8.06. The van der Waals surface area contributed by atoms with Crippen LogP contribution in [0.2, 0.25) is 0 Å². The topological polar surface area (TPSA) is 26.3 Å². The molecule has 0 N–H and O–H groups in total.